The van der Waals surface area contributed by atoms with E-state index in [-0.39, 0.29) is 5.41 Å². The number of rotatable bonds is 4. The van der Waals surface area contributed by atoms with Crippen molar-refractivity contribution in [1.82, 2.24) is 19.6 Å². The van der Waals surface area contributed by atoms with Gasteiger partial charge in [0.2, 0.25) is 0 Å². The summed E-state index contributed by atoms with van der Waals surface area (Å²) < 4.78 is 7.73. The van der Waals surface area contributed by atoms with E-state index in [1.54, 1.807) is 0 Å². The van der Waals surface area contributed by atoms with Crippen LogP contribution in [0.5, 0.6) is 5.75 Å². The number of hydrogen-bond donors (Lipinski definition) is 0. The Labute approximate surface area is 194 Å². The maximum absolute atomic E-state index is 5.84. The number of ether oxygens (including phenoxy) is 1. The van der Waals surface area contributed by atoms with Gasteiger partial charge in [-0.05, 0) is 55.0 Å². The maximum atomic E-state index is 5.84. The molecule has 168 valence electrons. The molecule has 0 aliphatic heterocycles. The molecule has 1 spiro atoms. The van der Waals surface area contributed by atoms with E-state index in [0.717, 1.165) is 34.9 Å². The summed E-state index contributed by atoms with van der Waals surface area (Å²) in [5.41, 5.74) is 7.14. The molecule has 6 rings (SSSR count). The van der Waals surface area contributed by atoms with E-state index in [2.05, 4.69) is 50.2 Å². The lowest BCUT2D eigenvalue weighted by Gasteiger charge is -2.42. The second-order valence-electron chi connectivity index (χ2n) is 10.1. The summed E-state index contributed by atoms with van der Waals surface area (Å²) in [7, 11) is 0. The Hall–Kier alpha value is -3.21. The van der Waals surface area contributed by atoms with Crippen molar-refractivity contribution in [3.8, 4) is 28.4 Å². The van der Waals surface area contributed by atoms with Crippen LogP contribution in [-0.2, 0) is 11.8 Å². The summed E-state index contributed by atoms with van der Waals surface area (Å²) in [6.45, 7) is 5.02. The first-order valence-electron chi connectivity index (χ1n) is 12.2. The van der Waals surface area contributed by atoms with E-state index >= 15 is 0 Å². The van der Waals surface area contributed by atoms with Crippen LogP contribution in [0.4, 0.5) is 0 Å². The highest BCUT2D eigenvalue weighted by Gasteiger charge is 2.42. The minimum absolute atomic E-state index is 0.107. The number of hydrogen-bond acceptors (Lipinski definition) is 4. The van der Waals surface area contributed by atoms with Gasteiger partial charge >= 0.3 is 0 Å². The minimum atomic E-state index is 0.107. The average molecular weight is 439 g/mol. The smallest absolute Gasteiger partial charge is 0.182 e. The fourth-order valence-electron chi connectivity index (χ4n) is 5.65. The van der Waals surface area contributed by atoms with E-state index in [9.17, 15) is 0 Å². The van der Waals surface area contributed by atoms with Gasteiger partial charge in [-0.25, -0.2) is 14.5 Å². The van der Waals surface area contributed by atoms with Crippen LogP contribution in [0, 0.1) is 5.92 Å². The molecule has 4 aromatic rings. The van der Waals surface area contributed by atoms with E-state index in [1.807, 2.05) is 23.0 Å². The zero-order valence-corrected chi connectivity index (χ0v) is 19.4. The first kappa shape index (κ1) is 20.4. The van der Waals surface area contributed by atoms with Gasteiger partial charge in [-0.15, -0.1) is 5.10 Å². The fraction of sp³-hybridized carbons (Fsp3) is 0.393. The van der Waals surface area contributed by atoms with Gasteiger partial charge in [0.15, 0.2) is 11.5 Å². The minimum Gasteiger partial charge on any atom is -0.493 e. The summed E-state index contributed by atoms with van der Waals surface area (Å²) in [5.74, 6) is 2.12. The SMILES string of the molecule is CC(C)COc1ccc(-c2nc3c4c(ncn3n2)-c2ccccc2CC42CCCCC2)cc1. The van der Waals surface area contributed by atoms with Crippen molar-refractivity contribution in [1.29, 1.82) is 0 Å². The van der Waals surface area contributed by atoms with Crippen LogP contribution in [0.1, 0.15) is 57.1 Å². The van der Waals surface area contributed by atoms with Crippen LogP contribution < -0.4 is 4.74 Å². The topological polar surface area (TPSA) is 52.3 Å². The molecule has 0 radical (unpaired) electrons. The summed E-state index contributed by atoms with van der Waals surface area (Å²) >= 11 is 0. The van der Waals surface area contributed by atoms with Gasteiger partial charge in [-0.2, -0.15) is 0 Å². The highest BCUT2D eigenvalue weighted by molar-refractivity contribution is 5.78. The zero-order valence-electron chi connectivity index (χ0n) is 19.4. The molecule has 0 N–H and O–H groups in total. The summed E-state index contributed by atoms with van der Waals surface area (Å²) in [6.07, 6.45) is 9.14. The van der Waals surface area contributed by atoms with E-state index in [1.165, 1.54) is 48.8 Å². The van der Waals surface area contributed by atoms with Gasteiger partial charge in [-0.3, -0.25) is 0 Å². The van der Waals surface area contributed by atoms with Gasteiger partial charge in [0.1, 0.15) is 12.1 Å². The summed E-state index contributed by atoms with van der Waals surface area (Å²) in [4.78, 5) is 10.0. The molecular weight excluding hydrogens is 408 g/mol. The molecule has 0 unspecified atom stereocenters. The van der Waals surface area contributed by atoms with Gasteiger partial charge in [0.25, 0.3) is 0 Å². The lowest BCUT2D eigenvalue weighted by Crippen LogP contribution is -2.36. The largest absolute Gasteiger partial charge is 0.493 e. The van der Waals surface area contributed by atoms with Crippen LogP contribution >= 0.6 is 0 Å². The number of nitrogens with zero attached hydrogens (tertiary/aromatic N) is 4. The van der Waals surface area contributed by atoms with Gasteiger partial charge in [-0.1, -0.05) is 57.4 Å². The highest BCUT2D eigenvalue weighted by Crippen LogP contribution is 2.50. The Balaban J connectivity index is 1.46. The van der Waals surface area contributed by atoms with Crippen molar-refractivity contribution in [2.24, 2.45) is 5.92 Å². The molecule has 2 aliphatic rings. The van der Waals surface area contributed by atoms with E-state index < -0.39 is 0 Å². The van der Waals surface area contributed by atoms with Crippen LogP contribution in [0.2, 0.25) is 0 Å². The first-order chi connectivity index (χ1) is 16.1. The third-order valence-corrected chi connectivity index (χ3v) is 7.23. The van der Waals surface area contributed by atoms with Crippen molar-refractivity contribution in [3.63, 3.8) is 0 Å². The second kappa shape index (κ2) is 7.98. The standard InChI is InChI=1S/C28H30N4O/c1-19(2)17-33-22-12-10-20(11-13-22)26-30-27-24-25(29-18-32(27)31-26)23-9-5-4-8-21(23)16-28(24)14-6-3-7-15-28/h4-5,8-13,18-19H,3,6-7,14-17H2,1-2H3. The molecule has 2 aromatic carbocycles. The Morgan fingerprint density at radius 3 is 2.58 bits per heavy atom. The van der Waals surface area contributed by atoms with Crippen molar-refractivity contribution >= 4 is 5.65 Å². The molecule has 0 amide bonds. The highest BCUT2D eigenvalue weighted by atomic mass is 16.5. The number of benzene rings is 2. The maximum Gasteiger partial charge on any atom is 0.182 e. The average Bonchev–Trinajstić information content (AvgIpc) is 3.28. The quantitative estimate of drug-likeness (QED) is 0.378. The number of fused-ring (bicyclic) bond motifs is 6. The molecular formula is C28H30N4O. The van der Waals surface area contributed by atoms with Crippen LogP contribution in [0.15, 0.2) is 54.9 Å². The lowest BCUT2D eigenvalue weighted by molar-refractivity contribution is 0.271. The Bertz CT molecular complexity index is 1300. The van der Waals surface area contributed by atoms with Gasteiger partial charge < -0.3 is 4.74 Å². The molecule has 5 nitrogen and oxygen atoms in total. The Morgan fingerprint density at radius 2 is 1.79 bits per heavy atom. The van der Waals surface area contributed by atoms with E-state index in [4.69, 9.17) is 19.8 Å². The molecule has 0 saturated heterocycles. The monoisotopic (exact) mass is 438 g/mol. The summed E-state index contributed by atoms with van der Waals surface area (Å²) in [5, 5.41) is 4.83. The van der Waals surface area contributed by atoms with Crippen molar-refractivity contribution < 1.29 is 4.74 Å². The normalized spacial score (nSPS) is 16.7. The van der Waals surface area contributed by atoms with Crippen LogP contribution in [0.25, 0.3) is 28.3 Å². The Kier molecular flexibility index (Phi) is 4.93. The molecule has 5 heteroatoms. The zero-order chi connectivity index (χ0) is 22.4. The van der Waals surface area contributed by atoms with Crippen molar-refractivity contribution in [3.05, 3.63) is 66.0 Å². The molecule has 2 aromatic heterocycles. The third-order valence-electron chi connectivity index (χ3n) is 7.23. The number of aromatic nitrogens is 4. The molecule has 0 bridgehead atoms. The molecule has 0 atom stereocenters. The van der Waals surface area contributed by atoms with Gasteiger partial charge in [0.05, 0.1) is 12.3 Å². The fourth-order valence-corrected chi connectivity index (χ4v) is 5.65. The molecule has 2 aliphatic carbocycles. The third kappa shape index (κ3) is 3.50. The van der Waals surface area contributed by atoms with Gasteiger partial charge in [0, 0.05) is 22.1 Å². The predicted octanol–water partition coefficient (Wildman–Crippen LogP) is 6.25. The van der Waals surface area contributed by atoms with Crippen molar-refractivity contribution in [2.75, 3.05) is 6.61 Å². The second-order valence-corrected chi connectivity index (χ2v) is 10.1. The molecule has 2 heterocycles. The lowest BCUT2D eigenvalue weighted by atomic mass is 9.62. The molecule has 1 saturated carbocycles. The van der Waals surface area contributed by atoms with Crippen LogP contribution in [-0.4, -0.2) is 26.2 Å². The van der Waals surface area contributed by atoms with Crippen LogP contribution in [0.3, 0.4) is 0 Å². The molecule has 1 fully saturated rings. The molecule has 33 heavy (non-hydrogen) atoms. The van der Waals surface area contributed by atoms with Crippen molar-refractivity contribution in [2.45, 2.75) is 57.8 Å². The Morgan fingerprint density at radius 1 is 1.00 bits per heavy atom. The van der Waals surface area contributed by atoms with E-state index in [0.29, 0.717) is 12.5 Å². The predicted molar refractivity (Wildman–Crippen MR) is 130 cm³/mol. The summed E-state index contributed by atoms with van der Waals surface area (Å²) in [6, 6.07) is 16.9. The first-order valence-corrected chi connectivity index (χ1v) is 12.2.